The minimum atomic E-state index is -0.0571. The summed E-state index contributed by atoms with van der Waals surface area (Å²) in [5, 5.41) is 2.90. The van der Waals surface area contributed by atoms with Gasteiger partial charge in [-0.25, -0.2) is 0 Å². The van der Waals surface area contributed by atoms with E-state index >= 15 is 0 Å². The number of amides is 2. The Kier molecular flexibility index (Phi) is 8.58. The molecule has 0 aliphatic carbocycles. The number of nitrogens with one attached hydrogen (secondary N) is 1. The average Bonchev–Trinajstić information content (AvgIpc) is 2.66. The highest BCUT2D eigenvalue weighted by Crippen LogP contribution is 2.21. The Morgan fingerprint density at radius 2 is 2.00 bits per heavy atom. The molecule has 6 nitrogen and oxygen atoms in total. The van der Waals surface area contributed by atoms with E-state index in [0.29, 0.717) is 37.6 Å². The predicted molar refractivity (Wildman–Crippen MR) is 107 cm³/mol. The summed E-state index contributed by atoms with van der Waals surface area (Å²) in [5.74, 6) is 1.35. The van der Waals surface area contributed by atoms with E-state index < -0.39 is 0 Å². The number of hydrogen-bond donors (Lipinski definition) is 2. The molecule has 3 N–H and O–H groups in total. The van der Waals surface area contributed by atoms with E-state index in [-0.39, 0.29) is 17.9 Å². The topological polar surface area (TPSA) is 84.7 Å². The molecule has 1 aliphatic rings. The molecule has 0 aromatic heterocycles. The summed E-state index contributed by atoms with van der Waals surface area (Å²) in [5.41, 5.74) is 6.07. The molecule has 2 rings (SSSR count). The fourth-order valence-electron chi connectivity index (χ4n) is 3.20. The lowest BCUT2D eigenvalue weighted by Crippen LogP contribution is -2.49. The van der Waals surface area contributed by atoms with Crippen molar-refractivity contribution >= 4 is 11.8 Å². The van der Waals surface area contributed by atoms with Gasteiger partial charge in [-0.15, -0.1) is 0 Å². The number of ether oxygens (including phenoxy) is 1. The van der Waals surface area contributed by atoms with Crippen LogP contribution in [0.2, 0.25) is 0 Å². The third kappa shape index (κ3) is 6.86. The van der Waals surface area contributed by atoms with Crippen molar-refractivity contribution in [3.05, 3.63) is 29.8 Å². The van der Waals surface area contributed by atoms with Gasteiger partial charge < -0.3 is 20.7 Å². The van der Waals surface area contributed by atoms with Gasteiger partial charge in [-0.1, -0.05) is 13.8 Å². The highest BCUT2D eigenvalue weighted by molar-refractivity contribution is 5.94. The van der Waals surface area contributed by atoms with Crippen molar-refractivity contribution in [2.45, 2.75) is 52.0 Å². The molecule has 1 heterocycles. The van der Waals surface area contributed by atoms with E-state index in [1.165, 1.54) is 0 Å². The van der Waals surface area contributed by atoms with Crippen LogP contribution in [-0.4, -0.2) is 49.0 Å². The first-order valence-corrected chi connectivity index (χ1v) is 10.0. The number of carbonyl (C=O) groups is 2. The Hall–Kier alpha value is -2.08. The molecular formula is C21H33N3O3. The van der Waals surface area contributed by atoms with Crippen LogP contribution < -0.4 is 15.8 Å². The molecule has 27 heavy (non-hydrogen) atoms. The van der Waals surface area contributed by atoms with Crippen molar-refractivity contribution in [2.75, 3.05) is 26.2 Å². The van der Waals surface area contributed by atoms with Crippen molar-refractivity contribution in [2.24, 2.45) is 11.7 Å². The second kappa shape index (κ2) is 10.9. The van der Waals surface area contributed by atoms with E-state index in [9.17, 15) is 9.59 Å². The molecule has 1 saturated heterocycles. The lowest BCUT2D eigenvalue weighted by molar-refractivity contribution is -0.121. The van der Waals surface area contributed by atoms with Crippen LogP contribution in [0.1, 0.15) is 56.3 Å². The Labute approximate surface area is 162 Å². The molecule has 1 aromatic carbocycles. The molecule has 150 valence electrons. The number of benzene rings is 1. The van der Waals surface area contributed by atoms with Gasteiger partial charge in [0.05, 0.1) is 6.61 Å². The van der Waals surface area contributed by atoms with Crippen LogP contribution in [-0.2, 0) is 4.79 Å². The van der Waals surface area contributed by atoms with Crippen LogP contribution in [0.5, 0.6) is 5.75 Å². The lowest BCUT2D eigenvalue weighted by atomic mass is 10.0. The second-order valence-electron chi connectivity index (χ2n) is 7.55. The smallest absolute Gasteiger partial charge is 0.254 e. The van der Waals surface area contributed by atoms with E-state index in [0.717, 1.165) is 38.0 Å². The Balaban J connectivity index is 1.93. The van der Waals surface area contributed by atoms with Gasteiger partial charge in [0.25, 0.3) is 5.91 Å². The maximum atomic E-state index is 12.9. The quantitative estimate of drug-likeness (QED) is 0.695. The summed E-state index contributed by atoms with van der Waals surface area (Å²) < 4.78 is 5.72. The fraction of sp³-hybridized carbons (Fsp3) is 0.619. The Bertz CT molecular complexity index is 601. The zero-order valence-corrected chi connectivity index (χ0v) is 16.6. The van der Waals surface area contributed by atoms with Crippen LogP contribution in [0.3, 0.4) is 0 Å². The number of nitrogens with zero attached hydrogens (tertiary/aromatic N) is 1. The molecule has 1 fully saturated rings. The SMILES string of the molecule is CC(C)CCOc1ccc(C(=O)N2CCCCC2CNC(=O)CCN)cc1. The largest absolute Gasteiger partial charge is 0.494 e. The minimum absolute atomic E-state index is 0.0153. The number of rotatable bonds is 9. The Morgan fingerprint density at radius 1 is 1.26 bits per heavy atom. The number of hydrogen-bond acceptors (Lipinski definition) is 4. The zero-order chi connectivity index (χ0) is 19.6. The molecule has 2 amide bonds. The molecule has 0 bridgehead atoms. The normalized spacial score (nSPS) is 17.0. The van der Waals surface area contributed by atoms with Gasteiger partial charge in [0.1, 0.15) is 5.75 Å². The summed E-state index contributed by atoms with van der Waals surface area (Å²) in [6.45, 7) is 6.56. The first-order chi connectivity index (χ1) is 13.0. The monoisotopic (exact) mass is 375 g/mol. The van der Waals surface area contributed by atoms with E-state index in [2.05, 4.69) is 19.2 Å². The first kappa shape index (κ1) is 21.2. The van der Waals surface area contributed by atoms with Crippen LogP contribution in [0.4, 0.5) is 0 Å². The second-order valence-corrected chi connectivity index (χ2v) is 7.55. The zero-order valence-electron chi connectivity index (χ0n) is 16.6. The van der Waals surface area contributed by atoms with Gasteiger partial charge in [0, 0.05) is 37.7 Å². The molecule has 1 atom stereocenters. The summed E-state index contributed by atoms with van der Waals surface area (Å²) >= 11 is 0. The van der Waals surface area contributed by atoms with Crippen molar-refractivity contribution in [3.63, 3.8) is 0 Å². The number of piperidine rings is 1. The van der Waals surface area contributed by atoms with Gasteiger partial charge in [-0.2, -0.15) is 0 Å². The predicted octanol–water partition coefficient (Wildman–Crippen LogP) is 2.57. The third-order valence-electron chi connectivity index (χ3n) is 4.86. The standard InChI is InChI=1S/C21H33N3O3/c1-16(2)11-14-27-19-8-6-17(7-9-19)21(26)24-13-4-3-5-18(24)15-23-20(25)10-12-22/h6-9,16,18H,3-5,10-15,22H2,1-2H3,(H,23,25). The van der Waals surface area contributed by atoms with Crippen molar-refractivity contribution < 1.29 is 14.3 Å². The summed E-state index contributed by atoms with van der Waals surface area (Å²) in [7, 11) is 0. The van der Waals surface area contributed by atoms with Gasteiger partial charge in [0.15, 0.2) is 0 Å². The number of nitrogens with two attached hydrogens (primary N) is 1. The Morgan fingerprint density at radius 3 is 2.67 bits per heavy atom. The van der Waals surface area contributed by atoms with E-state index in [1.807, 2.05) is 29.2 Å². The fourth-order valence-corrected chi connectivity index (χ4v) is 3.20. The number of likely N-dealkylation sites (tertiary alicyclic amines) is 1. The maximum absolute atomic E-state index is 12.9. The van der Waals surface area contributed by atoms with Gasteiger partial charge in [-0.3, -0.25) is 9.59 Å². The summed E-state index contributed by atoms with van der Waals surface area (Å²) in [4.78, 5) is 26.5. The molecule has 1 aliphatic heterocycles. The van der Waals surface area contributed by atoms with Crippen LogP contribution in [0, 0.1) is 5.92 Å². The minimum Gasteiger partial charge on any atom is -0.494 e. The third-order valence-corrected chi connectivity index (χ3v) is 4.86. The van der Waals surface area contributed by atoms with E-state index in [4.69, 9.17) is 10.5 Å². The molecular weight excluding hydrogens is 342 g/mol. The van der Waals surface area contributed by atoms with Gasteiger partial charge in [0.2, 0.25) is 5.91 Å². The molecule has 0 saturated carbocycles. The van der Waals surface area contributed by atoms with Crippen LogP contribution in [0.15, 0.2) is 24.3 Å². The number of carbonyl (C=O) groups excluding carboxylic acids is 2. The lowest BCUT2D eigenvalue weighted by Gasteiger charge is -2.36. The van der Waals surface area contributed by atoms with Crippen LogP contribution in [0.25, 0.3) is 0 Å². The highest BCUT2D eigenvalue weighted by atomic mass is 16.5. The summed E-state index contributed by atoms with van der Waals surface area (Å²) in [6.07, 6.45) is 4.30. The molecule has 0 spiro atoms. The molecule has 0 radical (unpaired) electrons. The molecule has 6 heteroatoms. The van der Waals surface area contributed by atoms with Crippen molar-refractivity contribution in [3.8, 4) is 5.75 Å². The average molecular weight is 376 g/mol. The molecule has 1 unspecified atom stereocenters. The van der Waals surface area contributed by atoms with E-state index in [1.54, 1.807) is 0 Å². The maximum Gasteiger partial charge on any atom is 0.254 e. The first-order valence-electron chi connectivity index (χ1n) is 10.0. The van der Waals surface area contributed by atoms with Gasteiger partial charge >= 0.3 is 0 Å². The summed E-state index contributed by atoms with van der Waals surface area (Å²) in [6, 6.07) is 7.40. The van der Waals surface area contributed by atoms with Crippen LogP contribution >= 0.6 is 0 Å². The van der Waals surface area contributed by atoms with Crippen molar-refractivity contribution in [1.82, 2.24) is 10.2 Å². The molecule has 1 aromatic rings. The highest BCUT2D eigenvalue weighted by Gasteiger charge is 2.27. The van der Waals surface area contributed by atoms with Crippen molar-refractivity contribution in [1.29, 1.82) is 0 Å². The van der Waals surface area contributed by atoms with Gasteiger partial charge in [-0.05, 0) is 55.9 Å².